The van der Waals surface area contributed by atoms with Crippen molar-refractivity contribution in [1.29, 1.82) is 0 Å². The molecule has 114 valence electrons. The van der Waals surface area contributed by atoms with Gasteiger partial charge in [0.2, 0.25) is 5.91 Å². The molecular weight excluding hydrogens is 298 g/mol. The summed E-state index contributed by atoms with van der Waals surface area (Å²) in [5, 5.41) is 3.56. The Bertz CT molecular complexity index is 668. The maximum atomic E-state index is 11.8. The molecule has 0 saturated heterocycles. The summed E-state index contributed by atoms with van der Waals surface area (Å²) in [5.41, 5.74) is 2.02. The van der Waals surface area contributed by atoms with E-state index in [9.17, 15) is 4.79 Å². The Balaban J connectivity index is 1.81. The van der Waals surface area contributed by atoms with Crippen molar-refractivity contribution in [1.82, 2.24) is 5.32 Å². The lowest BCUT2D eigenvalue weighted by Crippen LogP contribution is -2.23. The highest BCUT2D eigenvalue weighted by Gasteiger charge is 1.98. The van der Waals surface area contributed by atoms with Crippen molar-refractivity contribution in [3.8, 4) is 5.75 Å². The van der Waals surface area contributed by atoms with Crippen molar-refractivity contribution in [2.45, 2.75) is 6.42 Å². The van der Waals surface area contributed by atoms with Crippen LogP contribution in [0.3, 0.4) is 0 Å². The first-order valence-electron chi connectivity index (χ1n) is 7.02. The number of ether oxygens (including phenoxy) is 1. The van der Waals surface area contributed by atoms with Gasteiger partial charge in [-0.15, -0.1) is 0 Å². The van der Waals surface area contributed by atoms with Gasteiger partial charge in [0.25, 0.3) is 0 Å². The first-order chi connectivity index (χ1) is 10.7. The largest absolute Gasteiger partial charge is 0.497 e. The number of halogens is 1. The second-order valence-electron chi connectivity index (χ2n) is 4.78. The number of hydrogen-bond acceptors (Lipinski definition) is 2. The van der Waals surface area contributed by atoms with Crippen LogP contribution in [-0.2, 0) is 11.2 Å². The van der Waals surface area contributed by atoms with Gasteiger partial charge in [-0.3, -0.25) is 4.79 Å². The van der Waals surface area contributed by atoms with Gasteiger partial charge in [0.05, 0.1) is 7.11 Å². The third kappa shape index (κ3) is 5.26. The van der Waals surface area contributed by atoms with Gasteiger partial charge in [-0.1, -0.05) is 35.9 Å². The van der Waals surface area contributed by atoms with E-state index in [0.29, 0.717) is 11.6 Å². The molecule has 0 aliphatic heterocycles. The molecule has 0 unspecified atom stereocenters. The second kappa shape index (κ2) is 8.25. The molecule has 0 radical (unpaired) electrons. The van der Waals surface area contributed by atoms with E-state index in [1.165, 1.54) is 6.08 Å². The van der Waals surface area contributed by atoms with E-state index in [4.69, 9.17) is 16.3 Å². The van der Waals surface area contributed by atoms with E-state index < -0.39 is 0 Å². The third-order valence-corrected chi connectivity index (χ3v) is 3.36. The number of carbonyl (C=O) groups is 1. The van der Waals surface area contributed by atoms with Gasteiger partial charge >= 0.3 is 0 Å². The van der Waals surface area contributed by atoms with Gasteiger partial charge in [0.15, 0.2) is 0 Å². The van der Waals surface area contributed by atoms with Gasteiger partial charge in [0, 0.05) is 17.6 Å². The summed E-state index contributed by atoms with van der Waals surface area (Å²) < 4.78 is 5.14. The maximum absolute atomic E-state index is 11.8. The van der Waals surface area contributed by atoms with Crippen molar-refractivity contribution < 1.29 is 9.53 Å². The Hall–Kier alpha value is -2.26. The number of hydrogen-bond donors (Lipinski definition) is 1. The minimum absolute atomic E-state index is 0.121. The number of amides is 1. The van der Waals surface area contributed by atoms with Crippen molar-refractivity contribution >= 4 is 23.6 Å². The molecule has 22 heavy (non-hydrogen) atoms. The average molecular weight is 316 g/mol. The van der Waals surface area contributed by atoms with Crippen LogP contribution in [0.15, 0.2) is 54.6 Å². The fraction of sp³-hybridized carbons (Fsp3) is 0.167. The number of carbonyl (C=O) groups excluding carboxylic acids is 1. The quantitative estimate of drug-likeness (QED) is 0.825. The summed E-state index contributed by atoms with van der Waals surface area (Å²) in [6, 6.07) is 15.2. The van der Waals surface area contributed by atoms with E-state index in [0.717, 1.165) is 23.3 Å². The number of methoxy groups -OCH3 is 1. The summed E-state index contributed by atoms with van der Waals surface area (Å²) >= 11 is 5.92. The predicted octanol–water partition coefficient (Wildman–Crippen LogP) is 3.72. The van der Waals surface area contributed by atoms with Crippen molar-refractivity contribution in [2.75, 3.05) is 13.7 Å². The molecule has 0 atom stereocenters. The van der Waals surface area contributed by atoms with Gasteiger partial charge < -0.3 is 10.1 Å². The molecule has 0 heterocycles. The topological polar surface area (TPSA) is 38.3 Å². The normalized spacial score (nSPS) is 10.6. The monoisotopic (exact) mass is 315 g/mol. The Morgan fingerprint density at radius 1 is 1.23 bits per heavy atom. The van der Waals surface area contributed by atoms with Crippen LogP contribution in [0.4, 0.5) is 0 Å². The third-order valence-electron chi connectivity index (χ3n) is 3.12. The van der Waals surface area contributed by atoms with Crippen molar-refractivity contribution in [3.05, 3.63) is 70.8 Å². The fourth-order valence-electron chi connectivity index (χ4n) is 2.00. The highest BCUT2D eigenvalue weighted by atomic mass is 35.5. The smallest absolute Gasteiger partial charge is 0.244 e. The van der Waals surface area contributed by atoms with Crippen LogP contribution in [0.25, 0.3) is 6.08 Å². The molecule has 0 aliphatic carbocycles. The minimum Gasteiger partial charge on any atom is -0.497 e. The Kier molecular flexibility index (Phi) is 6.04. The maximum Gasteiger partial charge on any atom is 0.244 e. The molecule has 0 fully saturated rings. The lowest BCUT2D eigenvalue weighted by molar-refractivity contribution is -0.116. The van der Waals surface area contributed by atoms with Crippen LogP contribution in [-0.4, -0.2) is 19.6 Å². The van der Waals surface area contributed by atoms with Gasteiger partial charge in [-0.05, 0) is 47.9 Å². The summed E-state index contributed by atoms with van der Waals surface area (Å²) in [6.45, 7) is 0.571. The highest BCUT2D eigenvalue weighted by Crippen LogP contribution is 2.13. The van der Waals surface area contributed by atoms with Crippen LogP contribution < -0.4 is 10.1 Å². The average Bonchev–Trinajstić information content (AvgIpc) is 2.53. The summed E-state index contributed by atoms with van der Waals surface area (Å²) in [7, 11) is 1.62. The van der Waals surface area contributed by atoms with E-state index in [1.54, 1.807) is 13.2 Å². The van der Waals surface area contributed by atoms with E-state index in [2.05, 4.69) is 5.32 Å². The van der Waals surface area contributed by atoms with E-state index >= 15 is 0 Å². The molecule has 1 amide bonds. The summed E-state index contributed by atoms with van der Waals surface area (Å²) in [5.74, 6) is 0.647. The number of rotatable bonds is 6. The molecule has 2 rings (SSSR count). The molecular formula is C18H18ClNO2. The van der Waals surface area contributed by atoms with E-state index in [1.807, 2.05) is 48.5 Å². The predicted molar refractivity (Wildman–Crippen MR) is 90.2 cm³/mol. The molecule has 4 heteroatoms. The minimum atomic E-state index is -0.121. The van der Waals surface area contributed by atoms with Crippen LogP contribution in [0, 0.1) is 0 Å². The first-order valence-corrected chi connectivity index (χ1v) is 7.39. The highest BCUT2D eigenvalue weighted by molar-refractivity contribution is 6.30. The first kappa shape index (κ1) is 16.1. The fourth-order valence-corrected chi connectivity index (χ4v) is 2.21. The molecule has 0 saturated carbocycles. The molecule has 2 aromatic carbocycles. The van der Waals surface area contributed by atoms with Crippen molar-refractivity contribution in [2.24, 2.45) is 0 Å². The number of benzene rings is 2. The van der Waals surface area contributed by atoms with Crippen LogP contribution in [0.1, 0.15) is 11.1 Å². The molecule has 0 bridgehead atoms. The van der Waals surface area contributed by atoms with Crippen LogP contribution in [0.5, 0.6) is 5.75 Å². The molecule has 0 aromatic heterocycles. The van der Waals surface area contributed by atoms with Crippen molar-refractivity contribution in [3.63, 3.8) is 0 Å². The van der Waals surface area contributed by atoms with Crippen LogP contribution in [0.2, 0.25) is 5.02 Å². The molecule has 0 aliphatic rings. The zero-order valence-electron chi connectivity index (χ0n) is 12.4. The zero-order valence-corrected chi connectivity index (χ0v) is 13.1. The Morgan fingerprint density at radius 2 is 2.05 bits per heavy atom. The number of nitrogens with one attached hydrogen (secondary N) is 1. The van der Waals surface area contributed by atoms with Gasteiger partial charge in [0.1, 0.15) is 5.75 Å². The second-order valence-corrected chi connectivity index (χ2v) is 5.22. The standard InChI is InChI=1S/C18H18ClNO2/c1-22-17-7-3-5-14(13-17)8-9-18(21)20-11-10-15-4-2-6-16(19)12-15/h2-9,12-13H,10-11H2,1H3,(H,20,21)/b9-8+. The van der Waals surface area contributed by atoms with Gasteiger partial charge in [-0.25, -0.2) is 0 Å². The Labute approximate surface area is 135 Å². The molecule has 0 spiro atoms. The van der Waals surface area contributed by atoms with Gasteiger partial charge in [-0.2, -0.15) is 0 Å². The molecule has 3 nitrogen and oxygen atoms in total. The molecule has 2 aromatic rings. The summed E-state index contributed by atoms with van der Waals surface area (Å²) in [4.78, 5) is 11.8. The zero-order chi connectivity index (χ0) is 15.8. The van der Waals surface area contributed by atoms with E-state index in [-0.39, 0.29) is 5.91 Å². The lowest BCUT2D eigenvalue weighted by atomic mass is 10.1. The molecule has 1 N–H and O–H groups in total. The SMILES string of the molecule is COc1cccc(/C=C/C(=O)NCCc2cccc(Cl)c2)c1. The van der Waals surface area contributed by atoms with Crippen LogP contribution >= 0.6 is 11.6 Å². The lowest BCUT2D eigenvalue weighted by Gasteiger charge is -2.03. The Morgan fingerprint density at radius 3 is 2.82 bits per heavy atom. The summed E-state index contributed by atoms with van der Waals surface area (Å²) in [6.07, 6.45) is 4.03.